The number of ether oxygens (including phenoxy) is 1. The van der Waals surface area contributed by atoms with E-state index >= 15 is 0 Å². The predicted octanol–water partition coefficient (Wildman–Crippen LogP) is 2.47. The van der Waals surface area contributed by atoms with Crippen LogP contribution in [0, 0.1) is 0 Å². The number of para-hydroxylation sites is 1. The Balaban J connectivity index is 2.06. The maximum atomic E-state index is 12.3. The van der Waals surface area contributed by atoms with Gasteiger partial charge in [-0.3, -0.25) is 4.79 Å². The third-order valence-corrected chi connectivity index (χ3v) is 3.76. The summed E-state index contributed by atoms with van der Waals surface area (Å²) in [7, 11) is 0. The van der Waals surface area contributed by atoms with Crippen molar-refractivity contribution < 1.29 is 14.6 Å². The molecule has 0 atom stereocenters. The molecule has 0 heterocycles. The minimum atomic E-state index is -0.0416. The zero-order valence-electron chi connectivity index (χ0n) is 12.5. The molecule has 2 rings (SSSR count). The van der Waals surface area contributed by atoms with E-state index in [9.17, 15) is 4.79 Å². The number of carbonyl (C=O) groups is 1. The maximum Gasteiger partial charge on any atom is 0.246 e. The van der Waals surface area contributed by atoms with Crippen LogP contribution in [0.25, 0.3) is 6.08 Å². The van der Waals surface area contributed by atoms with Gasteiger partial charge in [-0.1, -0.05) is 18.2 Å². The van der Waals surface area contributed by atoms with Crippen LogP contribution in [0.15, 0.2) is 30.3 Å². The number of benzene rings is 1. The lowest BCUT2D eigenvalue weighted by molar-refractivity contribution is -0.130. The van der Waals surface area contributed by atoms with Crippen LogP contribution in [-0.4, -0.2) is 41.7 Å². The molecule has 0 aliphatic heterocycles. The van der Waals surface area contributed by atoms with Crippen molar-refractivity contribution in [2.45, 2.75) is 32.2 Å². The normalized spacial score (nSPS) is 15.0. The third kappa shape index (κ3) is 4.08. The summed E-state index contributed by atoms with van der Waals surface area (Å²) in [6.45, 7) is 2.94. The molecule has 1 aromatic carbocycles. The monoisotopic (exact) mass is 289 g/mol. The molecule has 114 valence electrons. The highest BCUT2D eigenvalue weighted by molar-refractivity contribution is 5.92. The first-order valence-electron chi connectivity index (χ1n) is 7.57. The Kier molecular flexibility index (Phi) is 5.81. The number of hydrogen-bond donors (Lipinski definition) is 1. The zero-order chi connectivity index (χ0) is 15.1. The van der Waals surface area contributed by atoms with E-state index in [-0.39, 0.29) is 18.6 Å². The fraction of sp³-hybridized carbons (Fsp3) is 0.471. The molecule has 0 spiro atoms. The molecule has 1 amide bonds. The van der Waals surface area contributed by atoms with Crippen LogP contribution in [0.5, 0.6) is 5.75 Å². The number of aliphatic hydroxyl groups excluding tert-OH is 1. The number of rotatable bonds is 7. The topological polar surface area (TPSA) is 49.8 Å². The van der Waals surface area contributed by atoms with Crippen molar-refractivity contribution in [3.8, 4) is 5.75 Å². The molecule has 0 bridgehead atoms. The summed E-state index contributed by atoms with van der Waals surface area (Å²) in [5, 5.41) is 9.12. The molecular formula is C17H23NO3. The first-order valence-corrected chi connectivity index (χ1v) is 7.57. The van der Waals surface area contributed by atoms with Gasteiger partial charge in [-0.2, -0.15) is 0 Å². The maximum absolute atomic E-state index is 12.3. The van der Waals surface area contributed by atoms with Crippen LogP contribution >= 0.6 is 0 Å². The van der Waals surface area contributed by atoms with E-state index in [1.165, 1.54) is 0 Å². The van der Waals surface area contributed by atoms with Gasteiger partial charge in [-0.15, -0.1) is 0 Å². The van der Waals surface area contributed by atoms with Gasteiger partial charge < -0.3 is 14.7 Å². The molecule has 1 aliphatic carbocycles. The Hall–Kier alpha value is -1.81. The fourth-order valence-corrected chi connectivity index (χ4v) is 2.44. The van der Waals surface area contributed by atoms with Gasteiger partial charge in [0.25, 0.3) is 0 Å². The van der Waals surface area contributed by atoms with Crippen LogP contribution in [0.1, 0.15) is 31.7 Å². The Labute approximate surface area is 126 Å². The highest BCUT2D eigenvalue weighted by atomic mass is 16.5. The fourth-order valence-electron chi connectivity index (χ4n) is 2.44. The van der Waals surface area contributed by atoms with E-state index in [1.807, 2.05) is 31.2 Å². The summed E-state index contributed by atoms with van der Waals surface area (Å²) in [5.74, 6) is 0.737. The smallest absolute Gasteiger partial charge is 0.246 e. The van der Waals surface area contributed by atoms with Crippen molar-refractivity contribution in [1.82, 2.24) is 4.90 Å². The first kappa shape index (κ1) is 15.6. The van der Waals surface area contributed by atoms with Crippen LogP contribution in [-0.2, 0) is 4.79 Å². The van der Waals surface area contributed by atoms with Gasteiger partial charge in [0, 0.05) is 24.2 Å². The molecule has 21 heavy (non-hydrogen) atoms. The summed E-state index contributed by atoms with van der Waals surface area (Å²) in [4.78, 5) is 14.1. The van der Waals surface area contributed by atoms with Crippen LogP contribution in [0.4, 0.5) is 0 Å². The van der Waals surface area contributed by atoms with Crippen molar-refractivity contribution >= 4 is 12.0 Å². The van der Waals surface area contributed by atoms with E-state index < -0.39 is 0 Å². The molecule has 1 N–H and O–H groups in total. The second-order valence-corrected chi connectivity index (χ2v) is 5.14. The number of hydrogen-bond acceptors (Lipinski definition) is 3. The van der Waals surface area contributed by atoms with E-state index in [0.717, 1.165) is 30.6 Å². The van der Waals surface area contributed by atoms with E-state index in [1.54, 1.807) is 17.1 Å². The Morgan fingerprint density at radius 1 is 1.43 bits per heavy atom. The van der Waals surface area contributed by atoms with Gasteiger partial charge in [0.15, 0.2) is 0 Å². The SMILES string of the molecule is CCOc1ccccc1/C=C/C(=O)N(CCO)C1CCC1. The molecule has 0 unspecified atom stereocenters. The summed E-state index contributed by atoms with van der Waals surface area (Å²) >= 11 is 0. The number of aliphatic hydroxyl groups is 1. The summed E-state index contributed by atoms with van der Waals surface area (Å²) < 4.78 is 5.54. The number of carbonyl (C=O) groups excluding carboxylic acids is 1. The zero-order valence-corrected chi connectivity index (χ0v) is 12.5. The highest BCUT2D eigenvalue weighted by Crippen LogP contribution is 2.25. The average Bonchev–Trinajstić information content (AvgIpc) is 2.44. The summed E-state index contributed by atoms with van der Waals surface area (Å²) in [6, 6.07) is 7.94. The quantitative estimate of drug-likeness (QED) is 0.785. The van der Waals surface area contributed by atoms with E-state index in [2.05, 4.69) is 0 Å². The van der Waals surface area contributed by atoms with Crippen molar-refractivity contribution in [2.24, 2.45) is 0 Å². The molecule has 0 radical (unpaired) electrons. The second-order valence-electron chi connectivity index (χ2n) is 5.14. The van der Waals surface area contributed by atoms with Gasteiger partial charge in [-0.05, 0) is 38.3 Å². The number of nitrogens with zero attached hydrogens (tertiary/aromatic N) is 1. The minimum absolute atomic E-state index is 0.00557. The van der Waals surface area contributed by atoms with Crippen molar-refractivity contribution in [1.29, 1.82) is 0 Å². The Morgan fingerprint density at radius 3 is 2.81 bits per heavy atom. The lowest BCUT2D eigenvalue weighted by Crippen LogP contribution is -2.44. The van der Waals surface area contributed by atoms with Gasteiger partial charge >= 0.3 is 0 Å². The van der Waals surface area contributed by atoms with Gasteiger partial charge in [0.1, 0.15) is 5.75 Å². The third-order valence-electron chi connectivity index (χ3n) is 3.76. The van der Waals surface area contributed by atoms with Gasteiger partial charge in [0.05, 0.1) is 13.2 Å². The average molecular weight is 289 g/mol. The number of amides is 1. The molecule has 4 heteroatoms. The largest absolute Gasteiger partial charge is 0.493 e. The first-order chi connectivity index (χ1) is 10.3. The highest BCUT2D eigenvalue weighted by Gasteiger charge is 2.26. The molecule has 0 aromatic heterocycles. The van der Waals surface area contributed by atoms with E-state index in [0.29, 0.717) is 13.2 Å². The Morgan fingerprint density at radius 2 is 2.19 bits per heavy atom. The lowest BCUT2D eigenvalue weighted by atomic mass is 9.91. The van der Waals surface area contributed by atoms with E-state index in [4.69, 9.17) is 9.84 Å². The molecule has 4 nitrogen and oxygen atoms in total. The van der Waals surface area contributed by atoms with Crippen LogP contribution in [0.2, 0.25) is 0 Å². The lowest BCUT2D eigenvalue weighted by Gasteiger charge is -2.36. The standard InChI is InChI=1S/C17H23NO3/c1-2-21-16-9-4-3-6-14(16)10-11-17(20)18(12-13-19)15-7-5-8-15/h3-4,6,9-11,15,19H,2,5,7-8,12-13H2,1H3/b11-10+. The summed E-state index contributed by atoms with van der Waals surface area (Å²) in [5.41, 5.74) is 0.894. The van der Waals surface area contributed by atoms with Crippen molar-refractivity contribution in [3.05, 3.63) is 35.9 Å². The predicted molar refractivity (Wildman–Crippen MR) is 83.1 cm³/mol. The summed E-state index contributed by atoms with van der Waals surface area (Å²) in [6.07, 6.45) is 6.60. The molecule has 1 aliphatic rings. The van der Waals surface area contributed by atoms with Crippen LogP contribution in [0.3, 0.4) is 0 Å². The second kappa shape index (κ2) is 7.84. The van der Waals surface area contributed by atoms with Gasteiger partial charge in [0.2, 0.25) is 5.91 Å². The van der Waals surface area contributed by atoms with Crippen molar-refractivity contribution in [3.63, 3.8) is 0 Å². The van der Waals surface area contributed by atoms with Crippen LogP contribution < -0.4 is 4.74 Å². The Bertz CT molecular complexity index is 495. The van der Waals surface area contributed by atoms with Gasteiger partial charge in [-0.25, -0.2) is 0 Å². The minimum Gasteiger partial charge on any atom is -0.493 e. The molecule has 1 aromatic rings. The molecular weight excluding hydrogens is 266 g/mol. The molecule has 1 saturated carbocycles. The molecule has 0 saturated heterocycles. The van der Waals surface area contributed by atoms with Crippen molar-refractivity contribution in [2.75, 3.05) is 19.8 Å². The molecule has 1 fully saturated rings.